The van der Waals surface area contributed by atoms with Crippen LogP contribution in [0.4, 0.5) is 0 Å². The molecule has 1 aromatic rings. The van der Waals surface area contributed by atoms with Crippen molar-refractivity contribution in [3.05, 3.63) is 48.6 Å². The number of carbonyl (C=O) groups is 1. The topological polar surface area (TPSA) is 26.3 Å². The van der Waals surface area contributed by atoms with E-state index in [2.05, 4.69) is 6.58 Å². The lowest BCUT2D eigenvalue weighted by atomic mass is 9.93. The summed E-state index contributed by atoms with van der Waals surface area (Å²) in [4.78, 5) is 11.7. The third kappa shape index (κ3) is 3.54. The van der Waals surface area contributed by atoms with Gasteiger partial charge in [-0.2, -0.15) is 0 Å². The molecule has 86 valence electrons. The largest absolute Gasteiger partial charge is 0.469 e. The molecule has 0 aliphatic heterocycles. The normalized spacial score (nSPS) is 11.8. The molecular weight excluding hydrogens is 200 g/mol. The van der Waals surface area contributed by atoms with Gasteiger partial charge in [0, 0.05) is 0 Å². The Balaban J connectivity index is 2.71. The molecule has 1 aromatic carbocycles. The van der Waals surface area contributed by atoms with Crippen LogP contribution in [0.15, 0.2) is 43.0 Å². The Morgan fingerprint density at radius 3 is 2.69 bits per heavy atom. The number of methoxy groups -OCH3 is 1. The van der Waals surface area contributed by atoms with Gasteiger partial charge in [-0.05, 0) is 24.8 Å². The minimum absolute atomic E-state index is 0.147. The summed E-state index contributed by atoms with van der Waals surface area (Å²) < 4.78 is 4.83. The van der Waals surface area contributed by atoms with Gasteiger partial charge in [-0.1, -0.05) is 36.4 Å². The van der Waals surface area contributed by atoms with Crippen LogP contribution in [0.25, 0.3) is 0 Å². The molecule has 0 aliphatic carbocycles. The van der Waals surface area contributed by atoms with E-state index in [-0.39, 0.29) is 11.9 Å². The maximum atomic E-state index is 11.7. The van der Waals surface area contributed by atoms with E-state index in [0.717, 1.165) is 24.8 Å². The molecule has 1 rings (SSSR count). The predicted octanol–water partition coefficient (Wildman–Crippen LogP) is 3.30. The van der Waals surface area contributed by atoms with E-state index in [1.54, 1.807) is 0 Å². The van der Waals surface area contributed by atoms with Crippen molar-refractivity contribution < 1.29 is 9.53 Å². The molecule has 0 saturated heterocycles. The lowest BCUT2D eigenvalue weighted by molar-refractivity contribution is -0.142. The average Bonchev–Trinajstić information content (AvgIpc) is 2.35. The molecule has 0 spiro atoms. The molecule has 1 unspecified atom stereocenters. The number of rotatable bonds is 6. The summed E-state index contributed by atoms with van der Waals surface area (Å²) in [6.45, 7) is 3.68. The Hall–Kier alpha value is -1.57. The van der Waals surface area contributed by atoms with Crippen LogP contribution in [-0.4, -0.2) is 13.1 Å². The zero-order valence-corrected chi connectivity index (χ0v) is 9.69. The fraction of sp³-hybridized carbons (Fsp3) is 0.357. The van der Waals surface area contributed by atoms with E-state index in [1.165, 1.54) is 7.11 Å². The summed E-state index contributed by atoms with van der Waals surface area (Å²) in [6.07, 6.45) is 4.57. The number of esters is 1. The maximum absolute atomic E-state index is 11.7. The first-order chi connectivity index (χ1) is 7.79. The zero-order valence-electron chi connectivity index (χ0n) is 9.69. The molecule has 0 fully saturated rings. The Bertz CT molecular complexity index is 330. The first-order valence-corrected chi connectivity index (χ1v) is 5.53. The van der Waals surface area contributed by atoms with Crippen molar-refractivity contribution in [1.82, 2.24) is 0 Å². The van der Waals surface area contributed by atoms with Crippen LogP contribution in [0.2, 0.25) is 0 Å². The van der Waals surface area contributed by atoms with E-state index in [9.17, 15) is 4.79 Å². The highest BCUT2D eigenvalue weighted by Crippen LogP contribution is 2.23. The summed E-state index contributed by atoms with van der Waals surface area (Å²) in [5.41, 5.74) is 1.03. The second-order valence-electron chi connectivity index (χ2n) is 3.71. The van der Waals surface area contributed by atoms with Crippen LogP contribution in [0.5, 0.6) is 0 Å². The maximum Gasteiger partial charge on any atom is 0.313 e. The lowest BCUT2D eigenvalue weighted by Gasteiger charge is -2.14. The highest BCUT2D eigenvalue weighted by Gasteiger charge is 2.20. The van der Waals surface area contributed by atoms with Crippen molar-refractivity contribution in [1.29, 1.82) is 0 Å². The van der Waals surface area contributed by atoms with Crippen LogP contribution < -0.4 is 0 Å². The van der Waals surface area contributed by atoms with Gasteiger partial charge < -0.3 is 4.74 Å². The molecule has 1 atom stereocenters. The molecular formula is C14H18O2. The molecule has 2 heteroatoms. The standard InChI is InChI=1S/C14H18O2/c1-3-4-6-11-13(14(15)16-2)12-9-7-5-8-10-12/h3,5,7-10,13H,1,4,6,11H2,2H3. The minimum atomic E-state index is -0.157. The molecule has 0 saturated carbocycles. The number of carbonyl (C=O) groups excluding carboxylic acids is 1. The van der Waals surface area contributed by atoms with Gasteiger partial charge in [0.25, 0.3) is 0 Å². The van der Waals surface area contributed by atoms with Gasteiger partial charge in [-0.3, -0.25) is 4.79 Å². The number of allylic oxidation sites excluding steroid dienone is 1. The third-order valence-electron chi connectivity index (χ3n) is 2.59. The molecule has 0 aromatic heterocycles. The van der Waals surface area contributed by atoms with Gasteiger partial charge in [0.2, 0.25) is 0 Å². The van der Waals surface area contributed by atoms with Crippen LogP contribution >= 0.6 is 0 Å². The average molecular weight is 218 g/mol. The fourth-order valence-electron chi connectivity index (χ4n) is 1.71. The van der Waals surface area contributed by atoms with E-state index < -0.39 is 0 Å². The number of benzene rings is 1. The molecule has 0 amide bonds. The number of unbranched alkanes of at least 4 members (excludes halogenated alkanes) is 1. The van der Waals surface area contributed by atoms with Crippen LogP contribution in [-0.2, 0) is 9.53 Å². The molecule has 0 aliphatic rings. The summed E-state index contributed by atoms with van der Waals surface area (Å²) in [5.74, 6) is -0.304. The summed E-state index contributed by atoms with van der Waals surface area (Å²) in [6, 6.07) is 9.77. The molecule has 0 radical (unpaired) electrons. The molecule has 2 nitrogen and oxygen atoms in total. The Labute approximate surface area is 96.9 Å². The Morgan fingerprint density at radius 2 is 2.12 bits per heavy atom. The van der Waals surface area contributed by atoms with Crippen LogP contribution in [0, 0.1) is 0 Å². The molecule has 0 heterocycles. The van der Waals surface area contributed by atoms with Crippen molar-refractivity contribution in [3.8, 4) is 0 Å². The molecule has 0 N–H and O–H groups in total. The quantitative estimate of drug-likeness (QED) is 0.416. The summed E-state index contributed by atoms with van der Waals surface area (Å²) in [5, 5.41) is 0. The smallest absolute Gasteiger partial charge is 0.313 e. The SMILES string of the molecule is C=CCCCC(C(=O)OC)c1ccccc1. The van der Waals surface area contributed by atoms with E-state index in [4.69, 9.17) is 4.74 Å². The van der Waals surface area contributed by atoms with E-state index >= 15 is 0 Å². The third-order valence-corrected chi connectivity index (χ3v) is 2.59. The summed E-state index contributed by atoms with van der Waals surface area (Å²) >= 11 is 0. The van der Waals surface area contributed by atoms with Crippen molar-refractivity contribution in [2.75, 3.05) is 7.11 Å². The number of hydrogen-bond acceptors (Lipinski definition) is 2. The molecule has 16 heavy (non-hydrogen) atoms. The molecule has 0 bridgehead atoms. The van der Waals surface area contributed by atoms with Gasteiger partial charge in [-0.15, -0.1) is 6.58 Å². The monoisotopic (exact) mass is 218 g/mol. The van der Waals surface area contributed by atoms with Gasteiger partial charge in [0.05, 0.1) is 13.0 Å². The van der Waals surface area contributed by atoms with Gasteiger partial charge in [-0.25, -0.2) is 0 Å². The lowest BCUT2D eigenvalue weighted by Crippen LogP contribution is -2.14. The van der Waals surface area contributed by atoms with Crippen molar-refractivity contribution in [3.63, 3.8) is 0 Å². The highest BCUT2D eigenvalue weighted by molar-refractivity contribution is 5.77. The summed E-state index contributed by atoms with van der Waals surface area (Å²) in [7, 11) is 1.44. The van der Waals surface area contributed by atoms with Crippen LogP contribution in [0.1, 0.15) is 30.7 Å². The van der Waals surface area contributed by atoms with Gasteiger partial charge >= 0.3 is 5.97 Å². The van der Waals surface area contributed by atoms with E-state index in [1.807, 2.05) is 36.4 Å². The highest BCUT2D eigenvalue weighted by atomic mass is 16.5. The fourth-order valence-corrected chi connectivity index (χ4v) is 1.71. The van der Waals surface area contributed by atoms with Crippen LogP contribution in [0.3, 0.4) is 0 Å². The number of ether oxygens (including phenoxy) is 1. The predicted molar refractivity (Wildman–Crippen MR) is 65.2 cm³/mol. The van der Waals surface area contributed by atoms with Gasteiger partial charge in [0.1, 0.15) is 0 Å². The first-order valence-electron chi connectivity index (χ1n) is 5.53. The van der Waals surface area contributed by atoms with E-state index in [0.29, 0.717) is 0 Å². The first kappa shape index (κ1) is 12.5. The minimum Gasteiger partial charge on any atom is -0.469 e. The second kappa shape index (κ2) is 6.83. The zero-order chi connectivity index (χ0) is 11.8. The Morgan fingerprint density at radius 1 is 1.44 bits per heavy atom. The second-order valence-corrected chi connectivity index (χ2v) is 3.71. The van der Waals surface area contributed by atoms with Crippen molar-refractivity contribution >= 4 is 5.97 Å². The number of hydrogen-bond donors (Lipinski definition) is 0. The van der Waals surface area contributed by atoms with Gasteiger partial charge in [0.15, 0.2) is 0 Å². The Kier molecular flexibility index (Phi) is 5.34. The van der Waals surface area contributed by atoms with Crippen molar-refractivity contribution in [2.45, 2.75) is 25.2 Å². The van der Waals surface area contributed by atoms with Crippen molar-refractivity contribution in [2.24, 2.45) is 0 Å².